The van der Waals surface area contributed by atoms with Gasteiger partial charge in [0.25, 0.3) is 0 Å². The Morgan fingerprint density at radius 1 is 1.39 bits per heavy atom. The Bertz CT molecular complexity index is 675. The zero-order chi connectivity index (χ0) is 15.8. The van der Waals surface area contributed by atoms with Gasteiger partial charge in [-0.15, -0.1) is 11.8 Å². The van der Waals surface area contributed by atoms with Crippen LogP contribution in [-0.2, 0) is 4.79 Å². The van der Waals surface area contributed by atoms with E-state index < -0.39 is 0 Å². The Labute approximate surface area is 138 Å². The first kappa shape index (κ1) is 14.7. The highest BCUT2D eigenvalue weighted by molar-refractivity contribution is 7.99. The molecule has 1 unspecified atom stereocenters. The van der Waals surface area contributed by atoms with Gasteiger partial charge in [-0.2, -0.15) is 5.26 Å². The monoisotopic (exact) mass is 331 g/mol. The molecule has 2 saturated heterocycles. The Balaban J connectivity index is 1.45. The molecular weight excluding hydrogens is 314 g/mol. The lowest BCUT2D eigenvalue weighted by Gasteiger charge is -2.23. The highest BCUT2D eigenvalue weighted by Crippen LogP contribution is 2.39. The number of carbonyl (C=O) groups is 1. The van der Waals surface area contributed by atoms with Crippen molar-refractivity contribution in [2.24, 2.45) is 0 Å². The van der Waals surface area contributed by atoms with Crippen molar-refractivity contribution in [1.29, 1.82) is 5.26 Å². The SMILES string of the molecule is N#C[C@@H]1CCCN1C(=O)[C@@H]1CSC(c2ccc3c(c2)OCO3)N1. The molecule has 0 aromatic heterocycles. The lowest BCUT2D eigenvalue weighted by atomic mass is 10.1. The van der Waals surface area contributed by atoms with Gasteiger partial charge in [0.15, 0.2) is 11.5 Å². The molecule has 1 aromatic rings. The van der Waals surface area contributed by atoms with Gasteiger partial charge in [-0.3, -0.25) is 10.1 Å². The lowest BCUT2D eigenvalue weighted by molar-refractivity contribution is -0.132. The van der Waals surface area contributed by atoms with Crippen molar-refractivity contribution in [3.63, 3.8) is 0 Å². The maximum atomic E-state index is 12.6. The van der Waals surface area contributed by atoms with Crippen LogP contribution in [0.5, 0.6) is 11.5 Å². The Morgan fingerprint density at radius 2 is 2.26 bits per heavy atom. The Hall–Kier alpha value is -1.91. The molecule has 1 N–H and O–H groups in total. The summed E-state index contributed by atoms with van der Waals surface area (Å²) in [5, 5.41) is 12.6. The molecule has 0 bridgehead atoms. The number of nitrogens with zero attached hydrogens (tertiary/aromatic N) is 2. The Kier molecular flexibility index (Phi) is 3.79. The second-order valence-corrected chi connectivity index (χ2v) is 7.00. The number of hydrogen-bond donors (Lipinski definition) is 1. The minimum absolute atomic E-state index is 0.0461. The molecule has 1 amide bonds. The van der Waals surface area contributed by atoms with Crippen LogP contribution in [0.3, 0.4) is 0 Å². The fraction of sp³-hybridized carbons (Fsp3) is 0.500. The average molecular weight is 331 g/mol. The quantitative estimate of drug-likeness (QED) is 0.888. The van der Waals surface area contributed by atoms with E-state index in [0.29, 0.717) is 12.3 Å². The van der Waals surface area contributed by atoms with Gasteiger partial charge in [0.2, 0.25) is 12.7 Å². The molecule has 120 valence electrons. The highest BCUT2D eigenvalue weighted by Gasteiger charge is 2.37. The zero-order valence-electron chi connectivity index (χ0n) is 12.5. The van der Waals surface area contributed by atoms with Crippen molar-refractivity contribution < 1.29 is 14.3 Å². The number of likely N-dealkylation sites (tertiary alicyclic amines) is 1. The van der Waals surface area contributed by atoms with Crippen LogP contribution in [-0.4, -0.2) is 42.0 Å². The normalized spacial score (nSPS) is 28.8. The first-order valence-corrected chi connectivity index (χ1v) is 8.78. The number of thioether (sulfide) groups is 1. The lowest BCUT2D eigenvalue weighted by Crippen LogP contribution is -2.46. The van der Waals surface area contributed by atoms with Gasteiger partial charge in [-0.05, 0) is 30.5 Å². The molecule has 0 radical (unpaired) electrons. The standard InChI is InChI=1S/C16H17N3O3S/c17-7-11-2-1-5-19(11)16(20)12-8-23-15(18-12)10-3-4-13-14(6-10)22-9-21-13/h3-4,6,11-12,15,18H,1-2,5,8-9H2/t11-,12-,15?/m0/s1. The van der Waals surface area contributed by atoms with Crippen LogP contribution in [0.1, 0.15) is 23.8 Å². The summed E-state index contributed by atoms with van der Waals surface area (Å²) in [5.41, 5.74) is 1.08. The van der Waals surface area contributed by atoms with Gasteiger partial charge in [-0.25, -0.2) is 0 Å². The van der Waals surface area contributed by atoms with E-state index in [9.17, 15) is 4.79 Å². The summed E-state index contributed by atoms with van der Waals surface area (Å²) < 4.78 is 10.7. The number of benzene rings is 1. The second-order valence-electron chi connectivity index (χ2n) is 5.86. The molecule has 4 rings (SSSR count). The summed E-state index contributed by atoms with van der Waals surface area (Å²) in [7, 11) is 0. The van der Waals surface area contributed by atoms with Crippen molar-refractivity contribution in [1.82, 2.24) is 10.2 Å². The van der Waals surface area contributed by atoms with Gasteiger partial charge < -0.3 is 14.4 Å². The predicted molar refractivity (Wildman–Crippen MR) is 85.0 cm³/mol. The van der Waals surface area contributed by atoms with E-state index in [0.717, 1.165) is 29.9 Å². The largest absolute Gasteiger partial charge is 0.454 e. The van der Waals surface area contributed by atoms with Crippen LogP contribution >= 0.6 is 11.8 Å². The molecule has 3 atom stereocenters. The molecule has 1 aromatic carbocycles. The summed E-state index contributed by atoms with van der Waals surface area (Å²) in [6.07, 6.45) is 1.70. The molecule has 7 heteroatoms. The van der Waals surface area contributed by atoms with Crippen LogP contribution in [0, 0.1) is 11.3 Å². The van der Waals surface area contributed by atoms with E-state index in [1.54, 1.807) is 16.7 Å². The third-order valence-electron chi connectivity index (χ3n) is 4.46. The molecule has 2 fully saturated rings. The van der Waals surface area contributed by atoms with Crippen molar-refractivity contribution in [3.8, 4) is 17.6 Å². The first-order chi connectivity index (χ1) is 11.3. The number of nitriles is 1. The molecule has 0 spiro atoms. The molecule has 3 heterocycles. The summed E-state index contributed by atoms with van der Waals surface area (Å²) in [6, 6.07) is 7.60. The van der Waals surface area contributed by atoms with Crippen molar-refractivity contribution in [2.45, 2.75) is 30.3 Å². The number of rotatable bonds is 2. The van der Waals surface area contributed by atoms with E-state index in [1.165, 1.54) is 0 Å². The molecule has 0 aliphatic carbocycles. The van der Waals surface area contributed by atoms with E-state index in [1.807, 2.05) is 18.2 Å². The number of ether oxygens (including phenoxy) is 2. The molecule has 6 nitrogen and oxygen atoms in total. The van der Waals surface area contributed by atoms with Crippen molar-refractivity contribution in [3.05, 3.63) is 23.8 Å². The minimum atomic E-state index is -0.265. The van der Waals surface area contributed by atoms with Crippen LogP contribution in [0.25, 0.3) is 0 Å². The molecule has 3 aliphatic heterocycles. The number of hydrogen-bond acceptors (Lipinski definition) is 6. The fourth-order valence-corrected chi connectivity index (χ4v) is 4.47. The number of nitrogens with one attached hydrogen (secondary N) is 1. The summed E-state index contributed by atoms with van der Waals surface area (Å²) in [5.74, 6) is 2.28. The van der Waals surface area contributed by atoms with E-state index >= 15 is 0 Å². The predicted octanol–water partition coefficient (Wildman–Crippen LogP) is 1.63. The van der Waals surface area contributed by atoms with Crippen LogP contribution in [0.15, 0.2) is 18.2 Å². The van der Waals surface area contributed by atoms with Gasteiger partial charge in [0.1, 0.15) is 6.04 Å². The van der Waals surface area contributed by atoms with Crippen molar-refractivity contribution >= 4 is 17.7 Å². The third kappa shape index (κ3) is 2.62. The van der Waals surface area contributed by atoms with E-state index in [2.05, 4.69) is 11.4 Å². The highest BCUT2D eigenvalue weighted by atomic mass is 32.2. The molecular formula is C16H17N3O3S. The number of amides is 1. The topological polar surface area (TPSA) is 74.6 Å². The maximum Gasteiger partial charge on any atom is 0.241 e. The average Bonchev–Trinajstić information content (AvgIpc) is 3.32. The summed E-state index contributed by atoms with van der Waals surface area (Å²) >= 11 is 1.71. The zero-order valence-corrected chi connectivity index (χ0v) is 13.3. The molecule has 23 heavy (non-hydrogen) atoms. The summed E-state index contributed by atoms with van der Waals surface area (Å²) in [6.45, 7) is 0.949. The van der Waals surface area contributed by atoms with Crippen LogP contribution in [0.2, 0.25) is 0 Å². The van der Waals surface area contributed by atoms with Gasteiger partial charge in [0, 0.05) is 12.3 Å². The van der Waals surface area contributed by atoms with E-state index in [-0.39, 0.29) is 30.2 Å². The fourth-order valence-electron chi connectivity index (χ4n) is 3.25. The molecule has 3 aliphatic rings. The summed E-state index contributed by atoms with van der Waals surface area (Å²) in [4.78, 5) is 14.4. The number of carbonyl (C=O) groups excluding carboxylic acids is 1. The second kappa shape index (κ2) is 5.95. The van der Waals surface area contributed by atoms with Crippen LogP contribution < -0.4 is 14.8 Å². The van der Waals surface area contributed by atoms with Crippen molar-refractivity contribution in [2.75, 3.05) is 19.1 Å². The van der Waals surface area contributed by atoms with Crippen LogP contribution in [0.4, 0.5) is 0 Å². The third-order valence-corrected chi connectivity index (χ3v) is 5.73. The molecule has 0 saturated carbocycles. The van der Waals surface area contributed by atoms with Gasteiger partial charge >= 0.3 is 0 Å². The number of fused-ring (bicyclic) bond motifs is 1. The maximum absolute atomic E-state index is 12.6. The van der Waals surface area contributed by atoms with Gasteiger partial charge in [-0.1, -0.05) is 6.07 Å². The smallest absolute Gasteiger partial charge is 0.241 e. The minimum Gasteiger partial charge on any atom is -0.454 e. The Morgan fingerprint density at radius 3 is 3.13 bits per heavy atom. The van der Waals surface area contributed by atoms with Gasteiger partial charge in [0.05, 0.1) is 17.5 Å². The van der Waals surface area contributed by atoms with E-state index in [4.69, 9.17) is 14.7 Å². The first-order valence-electron chi connectivity index (χ1n) is 7.73.